The molecule has 2 heterocycles. The smallest absolute Gasteiger partial charge is 0.322 e. The summed E-state index contributed by atoms with van der Waals surface area (Å²) in [5.41, 5.74) is 0.704. The van der Waals surface area contributed by atoms with Gasteiger partial charge in [-0.1, -0.05) is 18.2 Å². The number of rotatable bonds is 4. The Balaban J connectivity index is 1.72. The zero-order valence-electron chi connectivity index (χ0n) is 13.0. The Labute approximate surface area is 136 Å². The van der Waals surface area contributed by atoms with E-state index < -0.39 is 9.84 Å². The zero-order valence-corrected chi connectivity index (χ0v) is 13.8. The lowest BCUT2D eigenvalue weighted by molar-refractivity contribution is 0.0751. The van der Waals surface area contributed by atoms with Gasteiger partial charge in [0.1, 0.15) is 0 Å². The summed E-state index contributed by atoms with van der Waals surface area (Å²) in [6.45, 7) is 1.15. The van der Waals surface area contributed by atoms with Crippen LogP contribution in [0.15, 0.2) is 30.3 Å². The largest absolute Gasteiger partial charge is 0.376 e. The van der Waals surface area contributed by atoms with Crippen LogP contribution in [0.25, 0.3) is 0 Å². The van der Waals surface area contributed by atoms with E-state index in [1.807, 2.05) is 30.3 Å². The Hall–Kier alpha value is -1.60. The molecule has 0 aromatic heterocycles. The summed E-state index contributed by atoms with van der Waals surface area (Å²) in [6.07, 6.45) is 2.40. The van der Waals surface area contributed by atoms with Gasteiger partial charge in [0.2, 0.25) is 0 Å². The van der Waals surface area contributed by atoms with Gasteiger partial charge in [-0.15, -0.1) is 0 Å². The Kier molecular flexibility index (Phi) is 4.87. The van der Waals surface area contributed by atoms with Crippen LogP contribution in [0, 0.1) is 0 Å². The number of nitrogens with zero attached hydrogens (tertiary/aromatic N) is 1. The summed E-state index contributed by atoms with van der Waals surface area (Å²) >= 11 is 0. The first-order chi connectivity index (χ1) is 11.0. The Bertz CT molecular complexity index is 641. The van der Waals surface area contributed by atoms with Crippen LogP contribution in [0.3, 0.4) is 0 Å². The van der Waals surface area contributed by atoms with Crippen molar-refractivity contribution in [2.75, 3.05) is 30.0 Å². The Morgan fingerprint density at radius 1 is 1.26 bits per heavy atom. The molecule has 2 saturated heterocycles. The van der Waals surface area contributed by atoms with Gasteiger partial charge in [0.25, 0.3) is 0 Å². The molecule has 0 spiro atoms. The molecular weight excluding hydrogens is 316 g/mol. The molecule has 2 aliphatic heterocycles. The molecule has 1 aromatic carbocycles. The second-order valence-electron chi connectivity index (χ2n) is 6.14. The third kappa shape index (κ3) is 4.23. The minimum Gasteiger partial charge on any atom is -0.376 e. The van der Waals surface area contributed by atoms with Gasteiger partial charge >= 0.3 is 6.03 Å². The first kappa shape index (κ1) is 16.3. The molecule has 2 amide bonds. The highest BCUT2D eigenvalue weighted by Crippen LogP contribution is 2.22. The van der Waals surface area contributed by atoms with Crippen molar-refractivity contribution in [2.24, 2.45) is 0 Å². The highest BCUT2D eigenvalue weighted by atomic mass is 32.2. The molecule has 3 rings (SSSR count). The lowest BCUT2D eigenvalue weighted by Crippen LogP contribution is -2.47. The van der Waals surface area contributed by atoms with Gasteiger partial charge in [-0.05, 0) is 31.4 Å². The van der Waals surface area contributed by atoms with Crippen molar-refractivity contribution in [2.45, 2.75) is 31.4 Å². The van der Waals surface area contributed by atoms with E-state index in [1.165, 1.54) is 0 Å². The topological polar surface area (TPSA) is 75.7 Å². The number of anilines is 1. The zero-order chi connectivity index (χ0) is 16.3. The molecule has 2 aliphatic rings. The third-order valence-electron chi connectivity index (χ3n) is 4.36. The van der Waals surface area contributed by atoms with E-state index in [0.29, 0.717) is 25.3 Å². The first-order valence-corrected chi connectivity index (χ1v) is 9.80. The molecule has 7 heteroatoms. The van der Waals surface area contributed by atoms with E-state index in [9.17, 15) is 13.2 Å². The van der Waals surface area contributed by atoms with E-state index >= 15 is 0 Å². The molecule has 23 heavy (non-hydrogen) atoms. The van der Waals surface area contributed by atoms with Crippen LogP contribution in [-0.2, 0) is 14.6 Å². The predicted octanol–water partition coefficient (Wildman–Crippen LogP) is 1.89. The highest BCUT2D eigenvalue weighted by Gasteiger charge is 2.36. The molecule has 0 bridgehead atoms. The lowest BCUT2D eigenvalue weighted by atomic mass is 10.2. The Morgan fingerprint density at radius 3 is 2.65 bits per heavy atom. The summed E-state index contributed by atoms with van der Waals surface area (Å²) < 4.78 is 29.2. The number of para-hydroxylation sites is 1. The number of carbonyl (C=O) groups excluding carboxylic acids is 1. The molecule has 0 radical (unpaired) electrons. The van der Waals surface area contributed by atoms with Gasteiger partial charge in [0, 0.05) is 24.9 Å². The monoisotopic (exact) mass is 338 g/mol. The molecule has 1 N–H and O–H groups in total. The van der Waals surface area contributed by atoms with Gasteiger partial charge in [0.05, 0.1) is 17.6 Å². The third-order valence-corrected chi connectivity index (χ3v) is 6.11. The molecule has 2 fully saturated rings. The van der Waals surface area contributed by atoms with Crippen LogP contribution in [0.4, 0.5) is 10.5 Å². The summed E-state index contributed by atoms with van der Waals surface area (Å²) in [5, 5.41) is 2.86. The van der Waals surface area contributed by atoms with Gasteiger partial charge in [-0.2, -0.15) is 0 Å². The lowest BCUT2D eigenvalue weighted by Gasteiger charge is -2.30. The van der Waals surface area contributed by atoms with Crippen molar-refractivity contribution < 1.29 is 17.9 Å². The summed E-state index contributed by atoms with van der Waals surface area (Å²) in [7, 11) is -3.04. The van der Waals surface area contributed by atoms with Crippen LogP contribution in [0.2, 0.25) is 0 Å². The standard InChI is InChI=1S/C16H22N2O4S/c19-16(17-13-5-2-1-3-6-13)18(11-15-7-4-9-22-15)14-8-10-23(20,21)12-14/h1-3,5-6,14-15H,4,7-12H2,(H,17,19)/t14-,15+/m0/s1. The fourth-order valence-electron chi connectivity index (χ4n) is 3.14. The van der Waals surface area contributed by atoms with E-state index in [4.69, 9.17) is 4.74 Å². The van der Waals surface area contributed by atoms with Crippen molar-refractivity contribution >= 4 is 21.6 Å². The van der Waals surface area contributed by atoms with Crippen LogP contribution < -0.4 is 5.32 Å². The van der Waals surface area contributed by atoms with E-state index in [1.54, 1.807) is 4.90 Å². The van der Waals surface area contributed by atoms with Crippen LogP contribution >= 0.6 is 0 Å². The number of hydrogen-bond donors (Lipinski definition) is 1. The SMILES string of the molecule is O=C(Nc1ccccc1)N(C[C@H]1CCCO1)[C@H]1CCS(=O)(=O)C1. The van der Waals surface area contributed by atoms with Crippen molar-refractivity contribution in [3.05, 3.63) is 30.3 Å². The predicted molar refractivity (Wildman–Crippen MR) is 88.2 cm³/mol. The maximum atomic E-state index is 12.7. The van der Waals surface area contributed by atoms with Crippen molar-refractivity contribution in [3.63, 3.8) is 0 Å². The number of amides is 2. The molecule has 2 atom stereocenters. The van der Waals surface area contributed by atoms with Crippen molar-refractivity contribution in [1.29, 1.82) is 0 Å². The highest BCUT2D eigenvalue weighted by molar-refractivity contribution is 7.91. The summed E-state index contributed by atoms with van der Waals surface area (Å²) in [6, 6.07) is 8.67. The molecule has 6 nitrogen and oxygen atoms in total. The normalized spacial score (nSPS) is 26.1. The fraction of sp³-hybridized carbons (Fsp3) is 0.562. The minimum absolute atomic E-state index is 0.000160. The van der Waals surface area contributed by atoms with Gasteiger partial charge in [-0.25, -0.2) is 13.2 Å². The number of urea groups is 1. The van der Waals surface area contributed by atoms with E-state index in [2.05, 4.69) is 5.32 Å². The average molecular weight is 338 g/mol. The fourth-order valence-corrected chi connectivity index (χ4v) is 4.87. The van der Waals surface area contributed by atoms with E-state index in [0.717, 1.165) is 12.8 Å². The van der Waals surface area contributed by atoms with Crippen molar-refractivity contribution in [1.82, 2.24) is 4.90 Å². The number of carbonyl (C=O) groups is 1. The second kappa shape index (κ2) is 6.88. The quantitative estimate of drug-likeness (QED) is 0.909. The van der Waals surface area contributed by atoms with Crippen LogP contribution in [-0.4, -0.2) is 56.2 Å². The molecule has 126 valence electrons. The maximum absolute atomic E-state index is 12.7. The maximum Gasteiger partial charge on any atom is 0.322 e. The Morgan fingerprint density at radius 2 is 2.04 bits per heavy atom. The minimum atomic E-state index is -3.04. The number of hydrogen-bond acceptors (Lipinski definition) is 4. The van der Waals surface area contributed by atoms with Gasteiger partial charge < -0.3 is 15.0 Å². The van der Waals surface area contributed by atoms with Crippen LogP contribution in [0.5, 0.6) is 0 Å². The van der Waals surface area contributed by atoms with Crippen molar-refractivity contribution in [3.8, 4) is 0 Å². The van der Waals surface area contributed by atoms with Gasteiger partial charge in [0.15, 0.2) is 9.84 Å². The second-order valence-corrected chi connectivity index (χ2v) is 8.37. The molecule has 0 saturated carbocycles. The number of nitrogens with one attached hydrogen (secondary N) is 1. The number of sulfone groups is 1. The summed E-state index contributed by atoms with van der Waals surface area (Å²) in [4.78, 5) is 14.3. The van der Waals surface area contributed by atoms with Crippen LogP contribution in [0.1, 0.15) is 19.3 Å². The van der Waals surface area contributed by atoms with E-state index in [-0.39, 0.29) is 29.7 Å². The molecular formula is C16H22N2O4S. The molecule has 0 unspecified atom stereocenters. The average Bonchev–Trinajstić information content (AvgIpc) is 3.15. The number of benzene rings is 1. The first-order valence-electron chi connectivity index (χ1n) is 7.98. The summed E-state index contributed by atoms with van der Waals surface area (Å²) in [5.74, 6) is 0.195. The number of ether oxygens (including phenoxy) is 1. The molecule has 1 aromatic rings. The van der Waals surface area contributed by atoms with Gasteiger partial charge in [-0.3, -0.25) is 0 Å². The molecule has 0 aliphatic carbocycles.